The first kappa shape index (κ1) is 32.8. The molecule has 5 atom stereocenters. The van der Waals surface area contributed by atoms with Gasteiger partial charge in [-0.15, -0.1) is 0 Å². The van der Waals surface area contributed by atoms with Crippen LogP contribution in [0.3, 0.4) is 0 Å². The Morgan fingerprint density at radius 2 is 1.30 bits per heavy atom. The molecule has 1 fully saturated rings. The maximum Gasteiger partial charge on any atom is 0.303 e. The van der Waals surface area contributed by atoms with Gasteiger partial charge >= 0.3 is 17.9 Å². The van der Waals surface area contributed by atoms with Gasteiger partial charge in [-0.2, -0.15) is 0 Å². The van der Waals surface area contributed by atoms with Crippen molar-refractivity contribution < 1.29 is 42.9 Å². The monoisotopic (exact) mass is 529 g/mol. The van der Waals surface area contributed by atoms with Gasteiger partial charge in [0, 0.05) is 27.7 Å². The fraction of sp³-hybridized carbons (Fsp3) is 0.852. The van der Waals surface area contributed by atoms with Crippen LogP contribution in [-0.4, -0.2) is 67.2 Å². The first-order valence-electron chi connectivity index (χ1n) is 13.6. The Kier molecular flexibility index (Phi) is 16.1. The Morgan fingerprint density at radius 1 is 0.757 bits per heavy atom. The smallest absolute Gasteiger partial charge is 0.303 e. The van der Waals surface area contributed by atoms with Crippen molar-refractivity contribution in [3.63, 3.8) is 0 Å². The zero-order valence-electron chi connectivity index (χ0n) is 23.4. The van der Waals surface area contributed by atoms with E-state index in [1.165, 1.54) is 27.7 Å². The van der Waals surface area contributed by atoms with E-state index in [0.717, 1.165) is 64.2 Å². The SMILES string of the molecule is CCCCCCC(CCCCCC)OC1OC(COC(C)=O)C(OC(C)=O)C(OC(C)=O)C1NC(C)=O. The molecule has 1 heterocycles. The largest absolute Gasteiger partial charge is 0.463 e. The zero-order chi connectivity index (χ0) is 27.8. The van der Waals surface area contributed by atoms with Crippen LogP contribution in [0.5, 0.6) is 0 Å². The number of ether oxygens (including phenoxy) is 5. The highest BCUT2D eigenvalue weighted by Crippen LogP contribution is 2.30. The minimum absolute atomic E-state index is 0.146. The van der Waals surface area contributed by atoms with E-state index in [1.807, 2.05) is 0 Å². The zero-order valence-corrected chi connectivity index (χ0v) is 23.4. The molecule has 10 heteroatoms. The number of hydrogen-bond donors (Lipinski definition) is 1. The first-order valence-corrected chi connectivity index (χ1v) is 13.6. The Hall–Kier alpha value is -2.20. The lowest BCUT2D eigenvalue weighted by Gasteiger charge is -2.45. The van der Waals surface area contributed by atoms with Crippen molar-refractivity contribution in [3.8, 4) is 0 Å². The predicted molar refractivity (Wildman–Crippen MR) is 136 cm³/mol. The van der Waals surface area contributed by atoms with Gasteiger partial charge in [-0.3, -0.25) is 19.2 Å². The van der Waals surface area contributed by atoms with E-state index < -0.39 is 48.6 Å². The highest BCUT2D eigenvalue weighted by molar-refractivity contribution is 5.73. The van der Waals surface area contributed by atoms with Crippen LogP contribution in [0.4, 0.5) is 0 Å². The molecule has 0 saturated carbocycles. The summed E-state index contributed by atoms with van der Waals surface area (Å²) < 4.78 is 28.8. The summed E-state index contributed by atoms with van der Waals surface area (Å²) in [5, 5.41) is 2.77. The summed E-state index contributed by atoms with van der Waals surface area (Å²) in [6.45, 7) is 9.10. The van der Waals surface area contributed by atoms with Crippen LogP contribution in [0.2, 0.25) is 0 Å². The number of carbonyl (C=O) groups excluding carboxylic acids is 4. The maximum atomic E-state index is 12.1. The summed E-state index contributed by atoms with van der Waals surface area (Å²) in [5.41, 5.74) is 0. The van der Waals surface area contributed by atoms with Crippen molar-refractivity contribution in [1.29, 1.82) is 0 Å². The standard InChI is InChI=1S/C27H47NO9/c1-7-9-11-13-15-22(16-14-12-10-8-2)36-27-24(28-18(3)29)26(35-21(6)32)25(34-20(5)31)23(37-27)17-33-19(4)30/h22-27H,7-17H2,1-6H3,(H,28,29). The van der Waals surface area contributed by atoms with Crippen LogP contribution in [0.1, 0.15) is 106 Å². The number of rotatable bonds is 17. The van der Waals surface area contributed by atoms with Crippen molar-refractivity contribution in [2.45, 2.75) is 142 Å². The molecule has 0 aromatic rings. The molecule has 37 heavy (non-hydrogen) atoms. The van der Waals surface area contributed by atoms with Gasteiger partial charge in [0.15, 0.2) is 18.5 Å². The predicted octanol–water partition coefficient (Wildman–Crippen LogP) is 3.97. The van der Waals surface area contributed by atoms with Gasteiger partial charge in [0.05, 0.1) is 6.10 Å². The number of hydrogen-bond acceptors (Lipinski definition) is 9. The molecule has 1 aliphatic heterocycles. The van der Waals surface area contributed by atoms with Gasteiger partial charge in [0.25, 0.3) is 0 Å². The summed E-state index contributed by atoms with van der Waals surface area (Å²) >= 11 is 0. The van der Waals surface area contributed by atoms with Gasteiger partial charge in [-0.1, -0.05) is 65.2 Å². The second-order valence-corrected chi connectivity index (χ2v) is 9.68. The fourth-order valence-electron chi connectivity index (χ4n) is 4.47. The summed E-state index contributed by atoms with van der Waals surface area (Å²) in [5.74, 6) is -2.19. The highest BCUT2D eigenvalue weighted by Gasteiger charge is 2.51. The number of esters is 3. The molecule has 1 rings (SSSR count). The Balaban J connectivity index is 3.27. The lowest BCUT2D eigenvalue weighted by Crippen LogP contribution is -2.67. The second-order valence-electron chi connectivity index (χ2n) is 9.68. The maximum absolute atomic E-state index is 12.1. The number of unbranched alkanes of at least 4 members (excludes halogenated alkanes) is 6. The van der Waals surface area contributed by atoms with E-state index >= 15 is 0 Å². The molecule has 0 bridgehead atoms. The van der Waals surface area contributed by atoms with Gasteiger partial charge in [0.1, 0.15) is 18.8 Å². The van der Waals surface area contributed by atoms with E-state index in [1.54, 1.807) is 0 Å². The van der Waals surface area contributed by atoms with Crippen LogP contribution in [0.25, 0.3) is 0 Å². The lowest BCUT2D eigenvalue weighted by molar-refractivity contribution is -0.288. The molecule has 0 spiro atoms. The molecule has 0 radical (unpaired) electrons. The van der Waals surface area contributed by atoms with Gasteiger partial charge in [0.2, 0.25) is 5.91 Å². The van der Waals surface area contributed by atoms with Gasteiger partial charge in [-0.05, 0) is 12.8 Å². The topological polar surface area (TPSA) is 126 Å². The molecular weight excluding hydrogens is 482 g/mol. The molecule has 1 saturated heterocycles. The molecule has 5 unspecified atom stereocenters. The van der Waals surface area contributed by atoms with E-state index in [4.69, 9.17) is 23.7 Å². The van der Waals surface area contributed by atoms with E-state index in [-0.39, 0.29) is 18.6 Å². The normalized spacial score (nSPS) is 23.4. The Morgan fingerprint density at radius 3 is 1.76 bits per heavy atom. The van der Waals surface area contributed by atoms with Crippen LogP contribution in [-0.2, 0) is 42.9 Å². The van der Waals surface area contributed by atoms with E-state index in [9.17, 15) is 19.2 Å². The lowest BCUT2D eigenvalue weighted by atomic mass is 9.95. The molecule has 1 amide bonds. The van der Waals surface area contributed by atoms with Crippen LogP contribution >= 0.6 is 0 Å². The Labute approximate surface area is 221 Å². The fourth-order valence-corrected chi connectivity index (χ4v) is 4.47. The average Bonchev–Trinajstić information content (AvgIpc) is 2.80. The quantitative estimate of drug-likeness (QED) is 0.169. The molecule has 1 N–H and O–H groups in total. The first-order chi connectivity index (χ1) is 17.6. The summed E-state index contributed by atoms with van der Waals surface area (Å²) in [7, 11) is 0. The van der Waals surface area contributed by atoms with Crippen LogP contribution in [0, 0.1) is 0 Å². The highest BCUT2D eigenvalue weighted by atomic mass is 16.7. The third kappa shape index (κ3) is 13.2. The van der Waals surface area contributed by atoms with E-state index in [2.05, 4.69) is 19.2 Å². The number of nitrogens with one attached hydrogen (secondary N) is 1. The van der Waals surface area contributed by atoms with Crippen molar-refractivity contribution in [1.82, 2.24) is 5.32 Å². The van der Waals surface area contributed by atoms with Crippen molar-refractivity contribution in [2.75, 3.05) is 6.61 Å². The average molecular weight is 530 g/mol. The van der Waals surface area contributed by atoms with Crippen molar-refractivity contribution in [2.24, 2.45) is 0 Å². The minimum atomic E-state index is -1.12. The molecule has 0 aromatic carbocycles. The van der Waals surface area contributed by atoms with Crippen molar-refractivity contribution >= 4 is 23.8 Å². The van der Waals surface area contributed by atoms with Crippen LogP contribution < -0.4 is 5.32 Å². The molecule has 1 aliphatic rings. The summed E-state index contributed by atoms with van der Waals surface area (Å²) in [6.07, 6.45) is 5.97. The third-order valence-corrected chi connectivity index (χ3v) is 6.16. The number of amides is 1. The van der Waals surface area contributed by atoms with Crippen LogP contribution in [0.15, 0.2) is 0 Å². The number of carbonyl (C=O) groups is 4. The molecular formula is C27H47NO9. The van der Waals surface area contributed by atoms with Crippen molar-refractivity contribution in [3.05, 3.63) is 0 Å². The van der Waals surface area contributed by atoms with Gasteiger partial charge in [-0.25, -0.2) is 0 Å². The van der Waals surface area contributed by atoms with E-state index in [0.29, 0.717) is 0 Å². The van der Waals surface area contributed by atoms with Gasteiger partial charge < -0.3 is 29.0 Å². The molecule has 0 aromatic heterocycles. The summed E-state index contributed by atoms with van der Waals surface area (Å²) in [6, 6.07) is -0.937. The third-order valence-electron chi connectivity index (χ3n) is 6.16. The molecule has 10 nitrogen and oxygen atoms in total. The second kappa shape index (κ2) is 18.1. The molecule has 214 valence electrons. The molecule has 0 aliphatic carbocycles. The summed E-state index contributed by atoms with van der Waals surface area (Å²) in [4.78, 5) is 47.6. The Bertz CT molecular complexity index is 702. The minimum Gasteiger partial charge on any atom is -0.463 e.